The highest BCUT2D eigenvalue weighted by molar-refractivity contribution is 7.80. The minimum absolute atomic E-state index is 0.0758. The van der Waals surface area contributed by atoms with E-state index < -0.39 is 11.8 Å². The van der Waals surface area contributed by atoms with E-state index in [-0.39, 0.29) is 10.7 Å². The van der Waals surface area contributed by atoms with Gasteiger partial charge in [-0.05, 0) is 67.9 Å². The second kappa shape index (κ2) is 6.88. The van der Waals surface area contributed by atoms with Gasteiger partial charge in [0.25, 0.3) is 11.8 Å². The molecule has 134 valence electrons. The summed E-state index contributed by atoms with van der Waals surface area (Å²) in [6.07, 6.45) is 2.54. The van der Waals surface area contributed by atoms with Crippen molar-refractivity contribution < 1.29 is 9.59 Å². The van der Waals surface area contributed by atoms with Gasteiger partial charge in [-0.25, -0.2) is 0 Å². The first kappa shape index (κ1) is 18.1. The largest absolute Gasteiger partial charge is 0.352 e. The molecule has 2 heterocycles. The van der Waals surface area contributed by atoms with Crippen LogP contribution in [0.1, 0.15) is 29.4 Å². The van der Waals surface area contributed by atoms with Gasteiger partial charge in [0.2, 0.25) is 0 Å². The number of aromatic nitrogens is 1. The topological polar surface area (TPSA) is 54.3 Å². The van der Waals surface area contributed by atoms with E-state index in [1.54, 1.807) is 6.08 Å². The number of carbonyl (C=O) groups excluding carboxylic acids is 2. The van der Waals surface area contributed by atoms with Crippen molar-refractivity contribution in [1.82, 2.24) is 9.88 Å². The zero-order chi connectivity index (χ0) is 19.0. The molecule has 1 saturated heterocycles. The number of hydrogen-bond acceptors (Lipinski definition) is 3. The molecule has 5 nitrogen and oxygen atoms in total. The van der Waals surface area contributed by atoms with Crippen molar-refractivity contribution in [3.05, 3.63) is 58.4 Å². The van der Waals surface area contributed by atoms with E-state index >= 15 is 0 Å². The van der Waals surface area contributed by atoms with Gasteiger partial charge in [-0.2, -0.15) is 0 Å². The van der Waals surface area contributed by atoms with Gasteiger partial charge in [0.15, 0.2) is 5.11 Å². The third-order valence-corrected chi connectivity index (χ3v) is 5.10. The molecule has 0 aliphatic carbocycles. The number of rotatable bonds is 3. The Morgan fingerprint density at radius 3 is 2.35 bits per heavy atom. The van der Waals surface area contributed by atoms with Crippen molar-refractivity contribution >= 4 is 40.9 Å². The SMILES string of the molecule is CCc1ccc(N2C(=O)/C(=C/c3cc(C)n(C)c3C)C(=O)NC2=S)cc1. The molecule has 1 aliphatic heterocycles. The highest BCUT2D eigenvalue weighted by Crippen LogP contribution is 2.24. The molecular weight excluding hydrogens is 346 g/mol. The number of amides is 2. The minimum atomic E-state index is -0.470. The Bertz CT molecular complexity index is 939. The minimum Gasteiger partial charge on any atom is -0.352 e. The number of benzene rings is 1. The van der Waals surface area contributed by atoms with Crippen molar-refractivity contribution in [2.45, 2.75) is 27.2 Å². The predicted molar refractivity (Wildman–Crippen MR) is 107 cm³/mol. The Morgan fingerprint density at radius 2 is 1.81 bits per heavy atom. The van der Waals surface area contributed by atoms with Crippen LogP contribution in [0.25, 0.3) is 6.08 Å². The normalized spacial score (nSPS) is 16.4. The van der Waals surface area contributed by atoms with E-state index in [0.717, 1.165) is 23.4 Å². The second-order valence-corrected chi connectivity index (χ2v) is 6.75. The van der Waals surface area contributed by atoms with Crippen LogP contribution in [0.4, 0.5) is 5.69 Å². The highest BCUT2D eigenvalue weighted by Gasteiger charge is 2.34. The second-order valence-electron chi connectivity index (χ2n) is 6.36. The zero-order valence-electron chi connectivity index (χ0n) is 15.3. The van der Waals surface area contributed by atoms with E-state index in [0.29, 0.717) is 5.69 Å². The third kappa shape index (κ3) is 3.08. The maximum atomic E-state index is 13.0. The molecule has 3 rings (SSSR count). The lowest BCUT2D eigenvalue weighted by Gasteiger charge is -2.29. The molecule has 1 aromatic heterocycles. The Kier molecular flexibility index (Phi) is 4.78. The fourth-order valence-corrected chi connectivity index (χ4v) is 3.24. The summed E-state index contributed by atoms with van der Waals surface area (Å²) in [6.45, 7) is 6.00. The van der Waals surface area contributed by atoms with Gasteiger partial charge in [0.1, 0.15) is 5.57 Å². The zero-order valence-corrected chi connectivity index (χ0v) is 16.1. The summed E-state index contributed by atoms with van der Waals surface area (Å²) in [7, 11) is 1.95. The van der Waals surface area contributed by atoms with Crippen LogP contribution in [-0.4, -0.2) is 21.5 Å². The lowest BCUT2D eigenvalue weighted by molar-refractivity contribution is -0.122. The number of anilines is 1. The Labute approximate surface area is 158 Å². The third-order valence-electron chi connectivity index (χ3n) is 4.82. The van der Waals surface area contributed by atoms with Crippen LogP contribution >= 0.6 is 12.2 Å². The van der Waals surface area contributed by atoms with Crippen molar-refractivity contribution in [3.8, 4) is 0 Å². The monoisotopic (exact) mass is 367 g/mol. The molecule has 0 atom stereocenters. The molecule has 26 heavy (non-hydrogen) atoms. The summed E-state index contributed by atoms with van der Waals surface area (Å²) in [4.78, 5) is 26.8. The lowest BCUT2D eigenvalue weighted by Crippen LogP contribution is -2.54. The van der Waals surface area contributed by atoms with Gasteiger partial charge in [-0.3, -0.25) is 19.8 Å². The van der Waals surface area contributed by atoms with Crippen LogP contribution in [0.15, 0.2) is 35.9 Å². The van der Waals surface area contributed by atoms with Gasteiger partial charge in [-0.1, -0.05) is 19.1 Å². The highest BCUT2D eigenvalue weighted by atomic mass is 32.1. The van der Waals surface area contributed by atoms with Crippen molar-refractivity contribution in [1.29, 1.82) is 0 Å². The van der Waals surface area contributed by atoms with Gasteiger partial charge >= 0.3 is 0 Å². The first-order valence-electron chi connectivity index (χ1n) is 8.46. The molecule has 2 aromatic rings. The first-order valence-corrected chi connectivity index (χ1v) is 8.87. The summed E-state index contributed by atoms with van der Waals surface area (Å²) in [5.74, 6) is -0.883. The quantitative estimate of drug-likeness (QED) is 0.515. The fourth-order valence-electron chi connectivity index (χ4n) is 2.96. The average Bonchev–Trinajstić information content (AvgIpc) is 2.86. The van der Waals surface area contributed by atoms with E-state index in [4.69, 9.17) is 12.2 Å². The smallest absolute Gasteiger partial charge is 0.270 e. The van der Waals surface area contributed by atoms with Gasteiger partial charge in [0.05, 0.1) is 5.69 Å². The molecule has 6 heteroatoms. The van der Waals surface area contributed by atoms with Crippen LogP contribution in [0.2, 0.25) is 0 Å². The fraction of sp³-hybridized carbons (Fsp3) is 0.250. The van der Waals surface area contributed by atoms with Crippen molar-refractivity contribution in [3.63, 3.8) is 0 Å². The van der Waals surface area contributed by atoms with Crippen LogP contribution in [0, 0.1) is 13.8 Å². The molecule has 0 unspecified atom stereocenters. The van der Waals surface area contributed by atoms with Crippen LogP contribution in [0.5, 0.6) is 0 Å². The molecule has 1 N–H and O–H groups in total. The Hall–Kier alpha value is -2.73. The van der Waals surface area contributed by atoms with Crippen molar-refractivity contribution in [2.75, 3.05) is 4.90 Å². The summed E-state index contributed by atoms with van der Waals surface area (Å²) in [5, 5.41) is 2.72. The molecular formula is C20H21N3O2S. The lowest BCUT2D eigenvalue weighted by atomic mass is 10.1. The van der Waals surface area contributed by atoms with E-state index in [1.807, 2.05) is 55.8 Å². The number of nitrogens with zero attached hydrogens (tertiary/aromatic N) is 2. The standard InChI is InChI=1S/C20H21N3O2S/c1-5-14-6-8-16(9-7-14)23-19(25)17(18(24)21-20(23)26)11-15-10-12(2)22(4)13(15)3/h6-11H,5H2,1-4H3,(H,21,24,26)/b17-11+. The number of nitrogens with one attached hydrogen (secondary N) is 1. The molecule has 2 amide bonds. The Morgan fingerprint density at radius 1 is 1.15 bits per heavy atom. The summed E-state index contributed by atoms with van der Waals surface area (Å²) in [6, 6.07) is 9.55. The van der Waals surface area contributed by atoms with Gasteiger partial charge < -0.3 is 4.57 Å². The molecule has 0 spiro atoms. The van der Waals surface area contributed by atoms with Crippen molar-refractivity contribution in [2.24, 2.45) is 7.05 Å². The average molecular weight is 367 g/mol. The van der Waals surface area contributed by atoms with E-state index in [2.05, 4.69) is 12.2 Å². The summed E-state index contributed by atoms with van der Waals surface area (Å²) >= 11 is 5.23. The van der Waals surface area contributed by atoms with Gasteiger partial charge in [0, 0.05) is 18.4 Å². The molecule has 0 radical (unpaired) electrons. The number of hydrogen-bond donors (Lipinski definition) is 1. The van der Waals surface area contributed by atoms with E-state index in [9.17, 15) is 9.59 Å². The molecule has 1 fully saturated rings. The van der Waals surface area contributed by atoms with E-state index in [1.165, 1.54) is 10.5 Å². The van der Waals surface area contributed by atoms with Crippen LogP contribution in [-0.2, 0) is 23.1 Å². The maximum Gasteiger partial charge on any atom is 0.270 e. The molecule has 1 aliphatic rings. The number of thiocarbonyl (C=S) groups is 1. The molecule has 1 aromatic carbocycles. The maximum absolute atomic E-state index is 13.0. The Balaban J connectivity index is 2.02. The summed E-state index contributed by atoms with van der Waals surface area (Å²) < 4.78 is 2.02. The van der Waals surface area contributed by atoms with Gasteiger partial charge in [-0.15, -0.1) is 0 Å². The number of aryl methyl sites for hydroxylation is 2. The predicted octanol–water partition coefficient (Wildman–Crippen LogP) is 3.04. The van der Waals surface area contributed by atoms with Crippen LogP contribution in [0.3, 0.4) is 0 Å². The summed E-state index contributed by atoms with van der Waals surface area (Å²) in [5.41, 5.74) is 4.77. The molecule has 0 saturated carbocycles. The molecule has 0 bridgehead atoms. The number of carbonyl (C=O) groups is 2. The first-order chi connectivity index (χ1) is 12.3. The van der Waals surface area contributed by atoms with Crippen LogP contribution < -0.4 is 10.2 Å².